The van der Waals surface area contributed by atoms with Crippen LogP contribution in [0, 0.1) is 6.92 Å². The molecule has 0 aliphatic heterocycles. The zero-order valence-electron chi connectivity index (χ0n) is 12.2. The molecule has 3 aromatic rings. The van der Waals surface area contributed by atoms with Gasteiger partial charge in [0.1, 0.15) is 5.65 Å². The maximum absolute atomic E-state index is 5.26. The van der Waals surface area contributed by atoms with Crippen molar-refractivity contribution in [3.05, 3.63) is 59.7 Å². The standard InChI is InChI=1S/C16H18N4O/c1-12-14(20-9-4-3-7-15(20)19-12)11-17-10-13-6-5-8-18-16(13)21-2/h3-9,17H,10-11H2,1-2H3. The van der Waals surface area contributed by atoms with E-state index in [1.807, 2.05) is 43.5 Å². The van der Waals surface area contributed by atoms with E-state index in [9.17, 15) is 0 Å². The van der Waals surface area contributed by atoms with Crippen LogP contribution in [0.3, 0.4) is 0 Å². The largest absolute Gasteiger partial charge is 0.481 e. The van der Waals surface area contributed by atoms with Crippen molar-refractivity contribution in [3.8, 4) is 5.88 Å². The van der Waals surface area contributed by atoms with Crippen LogP contribution >= 0.6 is 0 Å². The summed E-state index contributed by atoms with van der Waals surface area (Å²) in [6.45, 7) is 3.49. The Morgan fingerprint density at radius 3 is 2.95 bits per heavy atom. The third-order valence-electron chi connectivity index (χ3n) is 3.48. The van der Waals surface area contributed by atoms with E-state index in [4.69, 9.17) is 4.74 Å². The number of methoxy groups -OCH3 is 1. The molecule has 0 fully saturated rings. The molecule has 5 heteroatoms. The summed E-state index contributed by atoms with van der Waals surface area (Å²) in [5.41, 5.74) is 4.25. The molecule has 0 amide bonds. The number of hydrogen-bond donors (Lipinski definition) is 1. The second-order valence-electron chi connectivity index (χ2n) is 4.85. The number of aromatic nitrogens is 3. The van der Waals surface area contributed by atoms with Crippen LogP contribution in [0.2, 0.25) is 0 Å². The minimum atomic E-state index is 0.667. The van der Waals surface area contributed by atoms with E-state index in [0.717, 1.165) is 23.4 Å². The van der Waals surface area contributed by atoms with Gasteiger partial charge in [-0.2, -0.15) is 0 Å². The molecule has 3 rings (SSSR count). The van der Waals surface area contributed by atoms with Crippen LogP contribution in [0.25, 0.3) is 5.65 Å². The number of hydrogen-bond acceptors (Lipinski definition) is 4. The molecule has 0 saturated heterocycles. The van der Waals surface area contributed by atoms with Crippen LogP contribution in [-0.2, 0) is 13.1 Å². The number of nitrogens with zero attached hydrogens (tertiary/aromatic N) is 3. The summed E-state index contributed by atoms with van der Waals surface area (Å²) in [4.78, 5) is 8.76. The molecule has 0 saturated carbocycles. The van der Waals surface area contributed by atoms with Crippen molar-refractivity contribution >= 4 is 5.65 Å². The molecule has 21 heavy (non-hydrogen) atoms. The highest BCUT2D eigenvalue weighted by Gasteiger charge is 2.08. The summed E-state index contributed by atoms with van der Waals surface area (Å²) in [6.07, 6.45) is 3.77. The number of ether oxygens (including phenoxy) is 1. The Labute approximate surface area is 123 Å². The molecular formula is C16H18N4O. The lowest BCUT2D eigenvalue weighted by Gasteiger charge is -2.09. The van der Waals surface area contributed by atoms with Crippen molar-refractivity contribution in [2.75, 3.05) is 7.11 Å². The van der Waals surface area contributed by atoms with Gasteiger partial charge in [-0.05, 0) is 25.1 Å². The van der Waals surface area contributed by atoms with Gasteiger partial charge in [-0.1, -0.05) is 12.1 Å². The van der Waals surface area contributed by atoms with Gasteiger partial charge in [0.15, 0.2) is 0 Å². The Bertz CT molecular complexity index is 751. The van der Waals surface area contributed by atoms with Crippen molar-refractivity contribution in [2.24, 2.45) is 0 Å². The average molecular weight is 282 g/mol. The Morgan fingerprint density at radius 2 is 2.10 bits per heavy atom. The molecule has 0 bridgehead atoms. The molecule has 0 unspecified atom stereocenters. The van der Waals surface area contributed by atoms with Crippen LogP contribution in [-0.4, -0.2) is 21.5 Å². The highest BCUT2D eigenvalue weighted by molar-refractivity contribution is 5.42. The summed E-state index contributed by atoms with van der Waals surface area (Å²) in [5.74, 6) is 0.667. The van der Waals surface area contributed by atoms with Crippen LogP contribution < -0.4 is 10.1 Å². The first-order valence-corrected chi connectivity index (χ1v) is 6.91. The van der Waals surface area contributed by atoms with Crippen LogP contribution in [0.5, 0.6) is 5.88 Å². The van der Waals surface area contributed by atoms with Crippen LogP contribution in [0.4, 0.5) is 0 Å². The monoisotopic (exact) mass is 282 g/mol. The summed E-state index contributed by atoms with van der Waals surface area (Å²) in [7, 11) is 1.64. The van der Waals surface area contributed by atoms with E-state index >= 15 is 0 Å². The zero-order valence-corrected chi connectivity index (χ0v) is 12.2. The van der Waals surface area contributed by atoms with Gasteiger partial charge >= 0.3 is 0 Å². The van der Waals surface area contributed by atoms with Gasteiger partial charge in [-0.3, -0.25) is 0 Å². The molecule has 3 heterocycles. The van der Waals surface area contributed by atoms with Gasteiger partial charge in [0.25, 0.3) is 0 Å². The zero-order chi connectivity index (χ0) is 14.7. The molecule has 0 aliphatic carbocycles. The number of rotatable bonds is 5. The van der Waals surface area contributed by atoms with E-state index in [1.54, 1.807) is 13.3 Å². The highest BCUT2D eigenvalue weighted by atomic mass is 16.5. The summed E-state index contributed by atoms with van der Waals surface area (Å²) < 4.78 is 7.37. The smallest absolute Gasteiger partial charge is 0.217 e. The number of pyridine rings is 2. The lowest BCUT2D eigenvalue weighted by Crippen LogP contribution is -2.15. The Hall–Kier alpha value is -2.40. The van der Waals surface area contributed by atoms with Crippen molar-refractivity contribution < 1.29 is 4.74 Å². The Balaban J connectivity index is 1.74. The number of nitrogens with one attached hydrogen (secondary N) is 1. The fraction of sp³-hybridized carbons (Fsp3) is 0.250. The van der Waals surface area contributed by atoms with E-state index in [0.29, 0.717) is 12.4 Å². The number of imidazole rings is 1. The van der Waals surface area contributed by atoms with Gasteiger partial charge < -0.3 is 14.5 Å². The minimum Gasteiger partial charge on any atom is -0.481 e. The minimum absolute atomic E-state index is 0.667. The van der Waals surface area contributed by atoms with Crippen LogP contribution in [0.1, 0.15) is 17.0 Å². The maximum atomic E-state index is 5.26. The van der Waals surface area contributed by atoms with E-state index in [1.165, 1.54) is 5.69 Å². The molecule has 5 nitrogen and oxygen atoms in total. The van der Waals surface area contributed by atoms with Gasteiger partial charge in [-0.25, -0.2) is 9.97 Å². The summed E-state index contributed by atoms with van der Waals surface area (Å²) in [5, 5.41) is 3.43. The second kappa shape index (κ2) is 5.93. The first-order chi connectivity index (χ1) is 10.3. The van der Waals surface area contributed by atoms with Crippen molar-refractivity contribution in [1.82, 2.24) is 19.7 Å². The molecule has 1 N–H and O–H groups in total. The SMILES string of the molecule is COc1ncccc1CNCc1c(C)nc2ccccn12. The molecule has 0 spiro atoms. The summed E-state index contributed by atoms with van der Waals surface area (Å²) in [6, 6.07) is 9.96. The average Bonchev–Trinajstić information content (AvgIpc) is 2.84. The lowest BCUT2D eigenvalue weighted by molar-refractivity contribution is 0.390. The fourth-order valence-electron chi connectivity index (χ4n) is 2.44. The van der Waals surface area contributed by atoms with Gasteiger partial charge in [0.05, 0.1) is 18.5 Å². The molecule has 3 aromatic heterocycles. The fourth-order valence-corrected chi connectivity index (χ4v) is 2.44. The van der Waals surface area contributed by atoms with E-state index in [-0.39, 0.29) is 0 Å². The van der Waals surface area contributed by atoms with Gasteiger partial charge in [0, 0.05) is 31.0 Å². The first-order valence-electron chi connectivity index (χ1n) is 6.91. The topological polar surface area (TPSA) is 51.5 Å². The predicted octanol–water partition coefficient (Wildman–Crippen LogP) is 2.34. The normalized spacial score (nSPS) is 11.0. The third-order valence-corrected chi connectivity index (χ3v) is 3.48. The summed E-state index contributed by atoms with van der Waals surface area (Å²) >= 11 is 0. The molecule has 0 aromatic carbocycles. The maximum Gasteiger partial charge on any atom is 0.217 e. The highest BCUT2D eigenvalue weighted by Crippen LogP contribution is 2.14. The number of fused-ring (bicyclic) bond motifs is 1. The molecule has 0 aliphatic rings. The number of aryl methyl sites for hydroxylation is 1. The van der Waals surface area contributed by atoms with Crippen LogP contribution in [0.15, 0.2) is 42.7 Å². The van der Waals surface area contributed by atoms with Crippen molar-refractivity contribution in [3.63, 3.8) is 0 Å². The molecule has 0 atom stereocenters. The van der Waals surface area contributed by atoms with Crippen molar-refractivity contribution in [2.45, 2.75) is 20.0 Å². The molecular weight excluding hydrogens is 264 g/mol. The quantitative estimate of drug-likeness (QED) is 0.780. The van der Waals surface area contributed by atoms with E-state index < -0.39 is 0 Å². The second-order valence-corrected chi connectivity index (χ2v) is 4.85. The Morgan fingerprint density at radius 1 is 1.19 bits per heavy atom. The van der Waals surface area contributed by atoms with Gasteiger partial charge in [-0.15, -0.1) is 0 Å². The van der Waals surface area contributed by atoms with Crippen molar-refractivity contribution in [1.29, 1.82) is 0 Å². The lowest BCUT2D eigenvalue weighted by atomic mass is 10.2. The predicted molar refractivity (Wildman–Crippen MR) is 81.3 cm³/mol. The first kappa shape index (κ1) is 13.6. The Kier molecular flexibility index (Phi) is 3.83. The third kappa shape index (κ3) is 2.73. The molecule has 108 valence electrons. The van der Waals surface area contributed by atoms with Gasteiger partial charge in [0.2, 0.25) is 5.88 Å². The van der Waals surface area contributed by atoms with E-state index in [2.05, 4.69) is 19.7 Å². The molecule has 0 radical (unpaired) electrons.